The van der Waals surface area contributed by atoms with E-state index in [4.69, 9.17) is 16.3 Å². The van der Waals surface area contributed by atoms with Gasteiger partial charge in [-0.05, 0) is 55.8 Å². The fraction of sp³-hybridized carbons (Fsp3) is 0.286. The van der Waals surface area contributed by atoms with Gasteiger partial charge < -0.3 is 20.1 Å². The van der Waals surface area contributed by atoms with Crippen molar-refractivity contribution in [1.82, 2.24) is 5.32 Å². The molecule has 0 radical (unpaired) electrons. The molecule has 0 atom stereocenters. The number of hydrogen-bond acceptors (Lipinski definition) is 5. The fourth-order valence-electron chi connectivity index (χ4n) is 2.32. The average Bonchev–Trinajstić information content (AvgIpc) is 2.69. The Kier molecular flexibility index (Phi) is 7.61. The van der Waals surface area contributed by atoms with E-state index in [1.807, 2.05) is 0 Å². The van der Waals surface area contributed by atoms with Gasteiger partial charge in [0.1, 0.15) is 12.3 Å². The summed E-state index contributed by atoms with van der Waals surface area (Å²) in [5.74, 6) is -0.608. The van der Waals surface area contributed by atoms with Gasteiger partial charge in [0.15, 0.2) is 5.60 Å². The van der Waals surface area contributed by atoms with Crippen LogP contribution in [0.5, 0.6) is 5.75 Å². The van der Waals surface area contributed by atoms with Gasteiger partial charge in [-0.1, -0.05) is 23.7 Å². The lowest BCUT2D eigenvalue weighted by molar-refractivity contribution is -0.141. The molecule has 8 heteroatoms. The molecule has 0 aliphatic carbocycles. The molecule has 0 aliphatic heterocycles. The van der Waals surface area contributed by atoms with Crippen molar-refractivity contribution in [1.29, 1.82) is 0 Å². The second-order valence-electron chi connectivity index (χ2n) is 6.75. The van der Waals surface area contributed by atoms with Gasteiger partial charge in [-0.25, -0.2) is 0 Å². The molecular formula is C21H23ClN2O5. The largest absolute Gasteiger partial charge is 0.478 e. The number of amides is 2. The molecule has 0 saturated heterocycles. The van der Waals surface area contributed by atoms with Crippen LogP contribution in [0.2, 0.25) is 5.02 Å². The number of anilines is 1. The van der Waals surface area contributed by atoms with Gasteiger partial charge in [0, 0.05) is 10.7 Å². The van der Waals surface area contributed by atoms with E-state index < -0.39 is 11.6 Å². The summed E-state index contributed by atoms with van der Waals surface area (Å²) >= 11 is 5.85. The summed E-state index contributed by atoms with van der Waals surface area (Å²) < 4.78 is 10.2. The molecule has 2 N–H and O–H groups in total. The molecule has 0 aromatic heterocycles. The second kappa shape index (κ2) is 9.93. The third-order valence-electron chi connectivity index (χ3n) is 3.97. The van der Waals surface area contributed by atoms with E-state index in [0.717, 1.165) is 5.56 Å². The van der Waals surface area contributed by atoms with Crippen LogP contribution >= 0.6 is 11.6 Å². The minimum Gasteiger partial charge on any atom is -0.478 e. The smallest absolute Gasteiger partial charge is 0.325 e. The Morgan fingerprint density at radius 2 is 1.62 bits per heavy atom. The van der Waals surface area contributed by atoms with Crippen molar-refractivity contribution < 1.29 is 23.9 Å². The Morgan fingerprint density at radius 1 is 1.00 bits per heavy atom. The lowest BCUT2D eigenvalue weighted by Crippen LogP contribution is -2.42. The molecule has 2 aromatic rings. The molecule has 29 heavy (non-hydrogen) atoms. The summed E-state index contributed by atoms with van der Waals surface area (Å²) in [5.41, 5.74) is 0.198. The van der Waals surface area contributed by atoms with Crippen molar-refractivity contribution >= 4 is 35.1 Å². The predicted molar refractivity (Wildman–Crippen MR) is 110 cm³/mol. The predicted octanol–water partition coefficient (Wildman–Crippen LogP) is 2.97. The standard InChI is InChI=1S/C21H23ClN2O5/c1-21(2,29-17-10-6-15(22)7-11-17)20(27)24-16-8-4-14(5-9-16)12-18(25)23-13-19(26)28-3/h4-11H,12-13H2,1-3H3,(H,23,25)(H,24,27). The van der Waals surface area contributed by atoms with E-state index in [1.165, 1.54) is 7.11 Å². The first-order valence-electron chi connectivity index (χ1n) is 8.88. The van der Waals surface area contributed by atoms with E-state index in [0.29, 0.717) is 16.5 Å². The SMILES string of the molecule is COC(=O)CNC(=O)Cc1ccc(NC(=O)C(C)(C)Oc2ccc(Cl)cc2)cc1. The first-order chi connectivity index (χ1) is 13.7. The number of rotatable bonds is 8. The molecule has 0 heterocycles. The zero-order valence-electron chi connectivity index (χ0n) is 16.5. The molecule has 7 nitrogen and oxygen atoms in total. The highest BCUT2D eigenvalue weighted by atomic mass is 35.5. The summed E-state index contributed by atoms with van der Waals surface area (Å²) in [6.45, 7) is 3.15. The summed E-state index contributed by atoms with van der Waals surface area (Å²) in [6, 6.07) is 13.6. The third kappa shape index (κ3) is 7.12. The van der Waals surface area contributed by atoms with Crippen molar-refractivity contribution in [2.45, 2.75) is 25.9 Å². The number of esters is 1. The zero-order chi connectivity index (χ0) is 21.4. The molecule has 0 saturated carbocycles. The maximum Gasteiger partial charge on any atom is 0.325 e. The summed E-state index contributed by atoms with van der Waals surface area (Å²) in [6.07, 6.45) is 0.108. The van der Waals surface area contributed by atoms with Gasteiger partial charge in [-0.15, -0.1) is 0 Å². The van der Waals surface area contributed by atoms with Crippen molar-refractivity contribution in [2.24, 2.45) is 0 Å². The van der Waals surface area contributed by atoms with Crippen molar-refractivity contribution in [3.63, 3.8) is 0 Å². The van der Waals surface area contributed by atoms with Crippen molar-refractivity contribution in [3.8, 4) is 5.75 Å². The van der Waals surface area contributed by atoms with Gasteiger partial charge in [0.25, 0.3) is 5.91 Å². The summed E-state index contributed by atoms with van der Waals surface area (Å²) in [7, 11) is 1.25. The highest BCUT2D eigenvalue weighted by molar-refractivity contribution is 6.30. The zero-order valence-corrected chi connectivity index (χ0v) is 17.2. The molecule has 0 bridgehead atoms. The number of carbonyl (C=O) groups excluding carboxylic acids is 3. The fourth-order valence-corrected chi connectivity index (χ4v) is 2.45. The van der Waals surface area contributed by atoms with Gasteiger partial charge in [-0.2, -0.15) is 0 Å². The quantitative estimate of drug-likeness (QED) is 0.643. The van der Waals surface area contributed by atoms with Crippen LogP contribution in [0.1, 0.15) is 19.4 Å². The molecule has 2 amide bonds. The van der Waals surface area contributed by atoms with Crippen LogP contribution in [-0.2, 0) is 25.5 Å². The van der Waals surface area contributed by atoms with Gasteiger partial charge in [0.2, 0.25) is 5.91 Å². The van der Waals surface area contributed by atoms with Gasteiger partial charge >= 0.3 is 5.97 Å². The first kappa shape index (κ1) is 22.2. The number of ether oxygens (including phenoxy) is 2. The van der Waals surface area contributed by atoms with E-state index >= 15 is 0 Å². The maximum atomic E-state index is 12.6. The van der Waals surface area contributed by atoms with E-state index in [2.05, 4.69) is 15.4 Å². The van der Waals surface area contributed by atoms with Crippen LogP contribution in [-0.4, -0.2) is 37.0 Å². The van der Waals surface area contributed by atoms with Crippen LogP contribution in [0.15, 0.2) is 48.5 Å². The molecule has 2 aromatic carbocycles. The Balaban J connectivity index is 1.90. The Morgan fingerprint density at radius 3 is 2.21 bits per heavy atom. The normalized spacial score (nSPS) is 10.8. The summed E-state index contributed by atoms with van der Waals surface area (Å²) in [5, 5.41) is 5.84. The van der Waals surface area contributed by atoms with Crippen molar-refractivity contribution in [2.75, 3.05) is 19.0 Å². The number of hydrogen-bond donors (Lipinski definition) is 2. The molecule has 2 rings (SSSR count). The number of benzene rings is 2. The Bertz CT molecular complexity index is 864. The monoisotopic (exact) mass is 418 g/mol. The number of carbonyl (C=O) groups is 3. The number of methoxy groups -OCH3 is 1. The third-order valence-corrected chi connectivity index (χ3v) is 4.22. The minimum atomic E-state index is -1.11. The molecular weight excluding hydrogens is 396 g/mol. The first-order valence-corrected chi connectivity index (χ1v) is 9.26. The van der Waals surface area contributed by atoms with Crippen LogP contribution in [0.25, 0.3) is 0 Å². The van der Waals surface area contributed by atoms with Gasteiger partial charge in [0.05, 0.1) is 13.5 Å². The van der Waals surface area contributed by atoms with E-state index in [-0.39, 0.29) is 24.8 Å². The average molecular weight is 419 g/mol. The highest BCUT2D eigenvalue weighted by Gasteiger charge is 2.30. The molecule has 0 fully saturated rings. The maximum absolute atomic E-state index is 12.6. The van der Waals surface area contributed by atoms with Crippen LogP contribution in [0.4, 0.5) is 5.69 Å². The highest BCUT2D eigenvalue weighted by Crippen LogP contribution is 2.22. The Hall–Kier alpha value is -3.06. The second-order valence-corrected chi connectivity index (χ2v) is 7.18. The molecule has 154 valence electrons. The van der Waals surface area contributed by atoms with Crippen LogP contribution < -0.4 is 15.4 Å². The molecule has 0 unspecified atom stereocenters. The number of halogens is 1. The van der Waals surface area contributed by atoms with Crippen LogP contribution in [0, 0.1) is 0 Å². The lowest BCUT2D eigenvalue weighted by atomic mass is 10.1. The molecule has 0 spiro atoms. The minimum absolute atomic E-state index is 0.108. The topological polar surface area (TPSA) is 93.7 Å². The molecule has 0 aliphatic rings. The van der Waals surface area contributed by atoms with Crippen molar-refractivity contribution in [3.05, 3.63) is 59.1 Å². The van der Waals surface area contributed by atoms with Gasteiger partial charge in [-0.3, -0.25) is 14.4 Å². The number of nitrogens with one attached hydrogen (secondary N) is 2. The Labute approximate surface area is 174 Å². The lowest BCUT2D eigenvalue weighted by Gasteiger charge is -2.25. The van der Waals surface area contributed by atoms with Crippen LogP contribution in [0.3, 0.4) is 0 Å². The van der Waals surface area contributed by atoms with E-state index in [9.17, 15) is 14.4 Å². The summed E-state index contributed by atoms with van der Waals surface area (Å²) in [4.78, 5) is 35.4. The van der Waals surface area contributed by atoms with E-state index in [1.54, 1.807) is 62.4 Å².